The summed E-state index contributed by atoms with van der Waals surface area (Å²) in [5.74, 6) is 1.03. The SMILES string of the molecule is [C-]#[N+]c1ccccc1[S+]([O-])CC1CCC(n2cc(-c3ncnc4[nH]ccc34)cn2)CC1. The van der Waals surface area contributed by atoms with Crippen LogP contribution in [-0.4, -0.2) is 35.0 Å². The van der Waals surface area contributed by atoms with Gasteiger partial charge in [-0.1, -0.05) is 18.2 Å². The quantitative estimate of drug-likeness (QED) is 0.360. The summed E-state index contributed by atoms with van der Waals surface area (Å²) in [4.78, 5) is 16.0. The second-order valence-corrected chi connectivity index (χ2v) is 9.40. The van der Waals surface area contributed by atoms with Crippen molar-refractivity contribution in [2.45, 2.75) is 36.6 Å². The van der Waals surface area contributed by atoms with Gasteiger partial charge in [0.25, 0.3) is 0 Å². The van der Waals surface area contributed by atoms with E-state index in [-0.39, 0.29) is 0 Å². The molecule has 1 unspecified atom stereocenters. The smallest absolute Gasteiger partial charge is 0.240 e. The first-order chi connectivity index (χ1) is 15.2. The third-order valence-corrected chi connectivity index (χ3v) is 7.65. The van der Waals surface area contributed by atoms with Gasteiger partial charge in [-0.05, 0) is 49.0 Å². The highest BCUT2D eigenvalue weighted by Gasteiger charge is 2.28. The number of para-hydroxylation sites is 1. The van der Waals surface area contributed by atoms with Gasteiger partial charge in [0, 0.05) is 29.3 Å². The highest BCUT2D eigenvalue weighted by atomic mass is 32.2. The van der Waals surface area contributed by atoms with Crippen molar-refractivity contribution in [3.63, 3.8) is 0 Å². The average molecular weight is 431 g/mol. The van der Waals surface area contributed by atoms with Crippen LogP contribution in [0.1, 0.15) is 31.7 Å². The molecular formula is C23H22N6OS. The molecule has 0 bridgehead atoms. The Hall–Kier alpha value is -3.15. The van der Waals surface area contributed by atoms with E-state index in [1.807, 2.05) is 36.7 Å². The van der Waals surface area contributed by atoms with E-state index in [0.717, 1.165) is 48.0 Å². The van der Waals surface area contributed by atoms with Gasteiger partial charge in [0.2, 0.25) is 5.69 Å². The van der Waals surface area contributed by atoms with Crippen LogP contribution >= 0.6 is 0 Å². The zero-order valence-corrected chi connectivity index (χ0v) is 17.8. The van der Waals surface area contributed by atoms with Gasteiger partial charge < -0.3 is 9.54 Å². The molecule has 3 aromatic heterocycles. The standard InChI is InChI=1S/C23H22N6OS/c1-24-20-4-2-3-5-21(20)31(30)14-16-6-8-18(9-7-16)29-13-17(12-28-29)22-19-10-11-25-23(19)27-15-26-22/h2-5,10-13,15-16,18H,6-9,14H2,(H,25,26,27). The first-order valence-electron chi connectivity index (χ1n) is 10.4. The molecule has 0 spiro atoms. The molecular weight excluding hydrogens is 408 g/mol. The Balaban J connectivity index is 1.23. The van der Waals surface area contributed by atoms with Crippen molar-refractivity contribution in [3.8, 4) is 11.3 Å². The van der Waals surface area contributed by atoms with Crippen LogP contribution in [0, 0.1) is 12.5 Å². The summed E-state index contributed by atoms with van der Waals surface area (Å²) in [6.45, 7) is 7.29. The number of fused-ring (bicyclic) bond motifs is 1. The molecule has 4 aromatic rings. The lowest BCUT2D eigenvalue weighted by Gasteiger charge is -2.29. The topological polar surface area (TPSA) is 86.8 Å². The molecule has 1 aliphatic rings. The summed E-state index contributed by atoms with van der Waals surface area (Å²) >= 11 is -1.13. The summed E-state index contributed by atoms with van der Waals surface area (Å²) in [5.41, 5.74) is 3.21. The number of aromatic nitrogens is 5. The predicted molar refractivity (Wildman–Crippen MR) is 120 cm³/mol. The number of H-pyrrole nitrogens is 1. The van der Waals surface area contributed by atoms with Crippen molar-refractivity contribution in [2.75, 3.05) is 5.75 Å². The Morgan fingerprint density at radius 1 is 1.16 bits per heavy atom. The van der Waals surface area contributed by atoms with Crippen LogP contribution in [0.25, 0.3) is 27.1 Å². The maximum absolute atomic E-state index is 12.8. The van der Waals surface area contributed by atoms with Crippen molar-refractivity contribution in [2.24, 2.45) is 5.92 Å². The summed E-state index contributed by atoms with van der Waals surface area (Å²) in [6, 6.07) is 9.56. The molecule has 156 valence electrons. The summed E-state index contributed by atoms with van der Waals surface area (Å²) < 4.78 is 14.9. The summed E-state index contributed by atoms with van der Waals surface area (Å²) in [6.07, 6.45) is 11.4. The number of hydrogen-bond acceptors (Lipinski definition) is 4. The highest BCUT2D eigenvalue weighted by Crippen LogP contribution is 2.36. The number of aromatic amines is 1. The lowest BCUT2D eigenvalue weighted by Crippen LogP contribution is -2.24. The maximum Gasteiger partial charge on any atom is 0.240 e. The van der Waals surface area contributed by atoms with Gasteiger partial charge in [0.15, 0.2) is 4.90 Å². The van der Waals surface area contributed by atoms with Crippen LogP contribution in [-0.2, 0) is 11.2 Å². The van der Waals surface area contributed by atoms with Gasteiger partial charge in [-0.25, -0.2) is 14.8 Å². The minimum absolute atomic E-state index is 0.345. The van der Waals surface area contributed by atoms with Crippen molar-refractivity contribution in [1.29, 1.82) is 0 Å². The van der Waals surface area contributed by atoms with Crippen LogP contribution in [0.5, 0.6) is 0 Å². The molecule has 0 radical (unpaired) electrons. The number of nitrogens with one attached hydrogen (secondary N) is 1. The van der Waals surface area contributed by atoms with Gasteiger partial charge in [-0.15, -0.1) is 0 Å². The molecule has 0 saturated heterocycles. The van der Waals surface area contributed by atoms with Gasteiger partial charge in [0.05, 0.1) is 24.5 Å². The first kappa shape index (κ1) is 19.8. The van der Waals surface area contributed by atoms with Crippen molar-refractivity contribution < 1.29 is 4.55 Å². The van der Waals surface area contributed by atoms with E-state index in [1.165, 1.54) is 0 Å². The molecule has 1 saturated carbocycles. The molecule has 1 atom stereocenters. The van der Waals surface area contributed by atoms with Crippen LogP contribution in [0.15, 0.2) is 60.1 Å². The van der Waals surface area contributed by atoms with Crippen molar-refractivity contribution in [1.82, 2.24) is 24.7 Å². The minimum Gasteiger partial charge on any atom is -0.612 e. The molecule has 1 aromatic carbocycles. The molecule has 1 fully saturated rings. The number of benzene rings is 1. The largest absolute Gasteiger partial charge is 0.612 e. The fraction of sp³-hybridized carbons (Fsp3) is 0.304. The molecule has 0 aliphatic heterocycles. The van der Waals surface area contributed by atoms with Gasteiger partial charge in [0.1, 0.15) is 17.7 Å². The Kier molecular flexibility index (Phi) is 5.45. The average Bonchev–Trinajstić information content (AvgIpc) is 3.49. The predicted octanol–water partition coefficient (Wildman–Crippen LogP) is 4.91. The summed E-state index contributed by atoms with van der Waals surface area (Å²) in [7, 11) is 0. The molecule has 1 aliphatic carbocycles. The monoisotopic (exact) mass is 430 g/mol. The molecule has 3 heterocycles. The Morgan fingerprint density at radius 3 is 2.84 bits per heavy atom. The van der Waals surface area contributed by atoms with E-state index in [0.29, 0.717) is 28.3 Å². The Labute approximate surface area is 183 Å². The third-order valence-electron chi connectivity index (χ3n) is 6.04. The van der Waals surface area contributed by atoms with Gasteiger partial charge >= 0.3 is 0 Å². The lowest BCUT2D eigenvalue weighted by atomic mass is 9.87. The van der Waals surface area contributed by atoms with Crippen LogP contribution in [0.4, 0.5) is 5.69 Å². The number of rotatable bonds is 5. The molecule has 5 rings (SSSR count). The summed E-state index contributed by atoms with van der Waals surface area (Å²) in [5, 5.41) is 5.61. The molecule has 8 heteroatoms. The van der Waals surface area contributed by atoms with E-state index >= 15 is 0 Å². The second kappa shape index (κ2) is 8.53. The lowest BCUT2D eigenvalue weighted by molar-refractivity contribution is 0.275. The minimum atomic E-state index is -1.13. The highest BCUT2D eigenvalue weighted by molar-refractivity contribution is 7.91. The number of nitrogens with zero attached hydrogens (tertiary/aromatic N) is 5. The fourth-order valence-electron chi connectivity index (χ4n) is 4.38. The maximum atomic E-state index is 12.8. The van der Waals surface area contributed by atoms with E-state index in [9.17, 15) is 4.55 Å². The number of hydrogen-bond donors (Lipinski definition) is 1. The van der Waals surface area contributed by atoms with Gasteiger partial charge in [-0.2, -0.15) is 5.10 Å². The van der Waals surface area contributed by atoms with Gasteiger partial charge in [-0.3, -0.25) is 4.68 Å². The van der Waals surface area contributed by atoms with Crippen LogP contribution in [0.2, 0.25) is 0 Å². The van der Waals surface area contributed by atoms with Crippen LogP contribution in [0.3, 0.4) is 0 Å². The van der Waals surface area contributed by atoms with Crippen LogP contribution < -0.4 is 0 Å². The van der Waals surface area contributed by atoms with Crippen molar-refractivity contribution >= 4 is 27.9 Å². The molecule has 1 N–H and O–H groups in total. The zero-order chi connectivity index (χ0) is 21.2. The Bertz CT molecular complexity index is 1230. The first-order valence-corrected chi connectivity index (χ1v) is 11.7. The van der Waals surface area contributed by atoms with E-state index < -0.39 is 11.2 Å². The normalized spacial score (nSPS) is 19.9. The second-order valence-electron chi connectivity index (χ2n) is 7.94. The Morgan fingerprint density at radius 2 is 2.00 bits per heavy atom. The van der Waals surface area contributed by atoms with Crippen molar-refractivity contribution in [3.05, 3.63) is 66.7 Å². The molecule has 0 amide bonds. The van der Waals surface area contributed by atoms with E-state index in [4.69, 9.17) is 6.57 Å². The molecule has 7 nitrogen and oxygen atoms in total. The third kappa shape index (κ3) is 3.94. The molecule has 31 heavy (non-hydrogen) atoms. The zero-order valence-electron chi connectivity index (χ0n) is 16.9. The van der Waals surface area contributed by atoms with E-state index in [2.05, 4.69) is 35.8 Å². The fourth-order valence-corrected chi connectivity index (χ4v) is 5.90. The van der Waals surface area contributed by atoms with E-state index in [1.54, 1.807) is 12.4 Å².